The van der Waals surface area contributed by atoms with E-state index >= 15 is 0 Å². The quantitative estimate of drug-likeness (QED) is 0.794. The van der Waals surface area contributed by atoms with Crippen LogP contribution in [-0.4, -0.2) is 5.78 Å². The second-order valence-corrected chi connectivity index (χ2v) is 5.88. The summed E-state index contributed by atoms with van der Waals surface area (Å²) < 4.78 is 1.08. The summed E-state index contributed by atoms with van der Waals surface area (Å²) in [6, 6.07) is 15.8. The van der Waals surface area contributed by atoms with E-state index < -0.39 is 5.54 Å². The summed E-state index contributed by atoms with van der Waals surface area (Å²) in [6.07, 6.45) is 0. The number of anilines is 1. The number of halogens is 1. The van der Waals surface area contributed by atoms with E-state index in [2.05, 4.69) is 27.9 Å². The monoisotopic (exact) mass is 349 g/mol. The highest BCUT2D eigenvalue weighted by Crippen LogP contribution is 2.39. The Bertz CT molecular complexity index is 624. The Morgan fingerprint density at radius 2 is 1.83 bits per heavy atom. The lowest BCUT2D eigenvalue weighted by molar-refractivity contribution is 0.0928. The van der Waals surface area contributed by atoms with Gasteiger partial charge in [-0.3, -0.25) is 4.79 Å². The molecule has 1 heterocycles. The number of hydrogen-bond donors (Lipinski definition) is 1. The second-order valence-electron chi connectivity index (χ2n) is 4.64. The molecule has 2 aromatic carbocycles. The van der Waals surface area contributed by atoms with Crippen LogP contribution in [0.3, 0.4) is 0 Å². The number of carbonyl (C=O) groups excluding carboxylic acids is 1. The zero-order valence-electron chi connectivity index (χ0n) is 9.91. The summed E-state index contributed by atoms with van der Waals surface area (Å²) in [4.78, 5) is 12.6. The average molecular weight is 349 g/mol. The Morgan fingerprint density at radius 1 is 1.11 bits per heavy atom. The van der Waals surface area contributed by atoms with Crippen LogP contribution in [0.4, 0.5) is 5.69 Å². The molecular weight excluding hydrogens is 337 g/mol. The molecule has 0 spiro atoms. The van der Waals surface area contributed by atoms with E-state index in [1.54, 1.807) is 0 Å². The largest absolute Gasteiger partial charge is 0.369 e. The van der Waals surface area contributed by atoms with E-state index in [4.69, 9.17) is 0 Å². The molecule has 18 heavy (non-hydrogen) atoms. The summed E-state index contributed by atoms with van der Waals surface area (Å²) in [5, 5.41) is 3.35. The van der Waals surface area contributed by atoms with Crippen LogP contribution in [0, 0.1) is 3.57 Å². The van der Waals surface area contributed by atoms with Crippen LogP contribution < -0.4 is 5.32 Å². The third-order valence-electron chi connectivity index (χ3n) is 3.42. The normalized spacial score (nSPS) is 21.6. The molecule has 1 aliphatic heterocycles. The summed E-state index contributed by atoms with van der Waals surface area (Å²) in [5.74, 6) is 0.141. The fraction of sp³-hybridized carbons (Fsp3) is 0.133. The third kappa shape index (κ3) is 1.65. The maximum absolute atomic E-state index is 12.6. The Morgan fingerprint density at radius 3 is 2.56 bits per heavy atom. The predicted molar refractivity (Wildman–Crippen MR) is 80.9 cm³/mol. The molecule has 0 amide bonds. The van der Waals surface area contributed by atoms with Crippen LogP contribution >= 0.6 is 22.6 Å². The molecule has 1 aliphatic rings. The van der Waals surface area contributed by atoms with Gasteiger partial charge < -0.3 is 5.32 Å². The first-order valence-electron chi connectivity index (χ1n) is 5.79. The van der Waals surface area contributed by atoms with Gasteiger partial charge in [-0.15, -0.1) is 0 Å². The van der Waals surface area contributed by atoms with Gasteiger partial charge >= 0.3 is 0 Å². The highest BCUT2D eigenvalue weighted by Gasteiger charge is 2.42. The molecule has 0 aliphatic carbocycles. The van der Waals surface area contributed by atoms with Crippen molar-refractivity contribution in [3.63, 3.8) is 0 Å². The standard InChI is InChI=1S/C15H12INO/c1-15(10-5-3-2-4-6-10)14(18)12-9-11(16)7-8-13(12)17-15/h2-9,17H,1H3. The number of ketones is 1. The lowest BCUT2D eigenvalue weighted by atomic mass is 9.88. The number of carbonyl (C=O) groups is 1. The number of benzene rings is 2. The molecule has 90 valence electrons. The van der Waals surface area contributed by atoms with Crippen molar-refractivity contribution in [2.45, 2.75) is 12.5 Å². The van der Waals surface area contributed by atoms with Crippen molar-refractivity contribution in [3.05, 3.63) is 63.2 Å². The number of hydrogen-bond acceptors (Lipinski definition) is 2. The molecule has 3 rings (SSSR count). The summed E-state index contributed by atoms with van der Waals surface area (Å²) in [6.45, 7) is 1.94. The van der Waals surface area contributed by atoms with E-state index in [0.717, 1.165) is 20.4 Å². The van der Waals surface area contributed by atoms with Gasteiger partial charge in [0.05, 0.1) is 0 Å². The highest BCUT2D eigenvalue weighted by molar-refractivity contribution is 14.1. The molecular formula is C15H12INO. The number of rotatable bonds is 1. The fourth-order valence-corrected chi connectivity index (χ4v) is 2.87. The van der Waals surface area contributed by atoms with E-state index in [-0.39, 0.29) is 5.78 Å². The Kier molecular flexibility index (Phi) is 2.66. The van der Waals surface area contributed by atoms with Crippen molar-refractivity contribution in [2.24, 2.45) is 0 Å². The maximum atomic E-state index is 12.6. The molecule has 0 fully saturated rings. The second kappa shape index (κ2) is 4.09. The van der Waals surface area contributed by atoms with Crippen molar-refractivity contribution >= 4 is 34.1 Å². The number of Topliss-reactive ketones (excluding diaryl/α,β-unsaturated/α-hetero) is 1. The molecule has 1 N–H and O–H groups in total. The van der Waals surface area contributed by atoms with Gasteiger partial charge in [0, 0.05) is 14.8 Å². The fourth-order valence-electron chi connectivity index (χ4n) is 2.38. The average Bonchev–Trinajstić information content (AvgIpc) is 2.65. The van der Waals surface area contributed by atoms with Gasteiger partial charge in [0.1, 0.15) is 5.54 Å². The summed E-state index contributed by atoms with van der Waals surface area (Å²) in [5.41, 5.74) is 2.06. The molecule has 0 aromatic heterocycles. The molecule has 3 heteroatoms. The summed E-state index contributed by atoms with van der Waals surface area (Å²) >= 11 is 2.23. The van der Waals surface area contributed by atoms with Crippen LogP contribution in [0.5, 0.6) is 0 Å². The molecule has 0 saturated heterocycles. The van der Waals surface area contributed by atoms with E-state index in [9.17, 15) is 4.79 Å². The minimum Gasteiger partial charge on any atom is -0.369 e. The van der Waals surface area contributed by atoms with Crippen LogP contribution in [-0.2, 0) is 5.54 Å². The van der Waals surface area contributed by atoms with Gasteiger partial charge in [-0.1, -0.05) is 30.3 Å². The Hall–Kier alpha value is -1.36. The van der Waals surface area contributed by atoms with Gasteiger partial charge in [0.15, 0.2) is 5.78 Å². The summed E-state index contributed by atoms with van der Waals surface area (Å²) in [7, 11) is 0. The third-order valence-corrected chi connectivity index (χ3v) is 4.09. The van der Waals surface area contributed by atoms with Gasteiger partial charge in [-0.05, 0) is 53.3 Å². The van der Waals surface area contributed by atoms with Crippen LogP contribution in [0.25, 0.3) is 0 Å². The zero-order chi connectivity index (χ0) is 12.8. The van der Waals surface area contributed by atoms with Crippen molar-refractivity contribution in [2.75, 3.05) is 5.32 Å². The lowest BCUT2D eigenvalue weighted by Crippen LogP contribution is -2.34. The number of fused-ring (bicyclic) bond motifs is 1. The first kappa shape index (κ1) is 11.7. The molecule has 1 unspecified atom stereocenters. The van der Waals surface area contributed by atoms with Crippen molar-refractivity contribution in [3.8, 4) is 0 Å². The molecule has 2 aromatic rings. The first-order valence-corrected chi connectivity index (χ1v) is 6.87. The maximum Gasteiger partial charge on any atom is 0.194 e. The molecule has 0 bridgehead atoms. The first-order chi connectivity index (χ1) is 8.61. The molecule has 0 radical (unpaired) electrons. The minimum absolute atomic E-state index is 0.141. The van der Waals surface area contributed by atoms with Gasteiger partial charge in [0.2, 0.25) is 0 Å². The van der Waals surface area contributed by atoms with Crippen LogP contribution in [0.1, 0.15) is 22.8 Å². The highest BCUT2D eigenvalue weighted by atomic mass is 127. The van der Waals surface area contributed by atoms with E-state index in [0.29, 0.717) is 0 Å². The van der Waals surface area contributed by atoms with E-state index in [1.165, 1.54) is 0 Å². The lowest BCUT2D eigenvalue weighted by Gasteiger charge is -2.23. The molecule has 0 saturated carbocycles. The van der Waals surface area contributed by atoms with Crippen molar-refractivity contribution in [1.29, 1.82) is 0 Å². The SMILES string of the molecule is CC1(c2ccccc2)Nc2ccc(I)cc2C1=O. The van der Waals surface area contributed by atoms with Gasteiger partial charge in [-0.25, -0.2) is 0 Å². The van der Waals surface area contributed by atoms with E-state index in [1.807, 2.05) is 55.5 Å². The van der Waals surface area contributed by atoms with Crippen molar-refractivity contribution < 1.29 is 4.79 Å². The zero-order valence-corrected chi connectivity index (χ0v) is 12.1. The van der Waals surface area contributed by atoms with Crippen LogP contribution in [0.15, 0.2) is 48.5 Å². The van der Waals surface area contributed by atoms with Crippen LogP contribution in [0.2, 0.25) is 0 Å². The minimum atomic E-state index is -0.645. The Balaban J connectivity index is 2.12. The smallest absolute Gasteiger partial charge is 0.194 e. The topological polar surface area (TPSA) is 29.1 Å². The molecule has 1 atom stereocenters. The van der Waals surface area contributed by atoms with Gasteiger partial charge in [0.25, 0.3) is 0 Å². The Labute approximate surface area is 120 Å². The van der Waals surface area contributed by atoms with Crippen molar-refractivity contribution in [1.82, 2.24) is 0 Å². The molecule has 2 nitrogen and oxygen atoms in total. The predicted octanol–water partition coefficient (Wildman–Crippen LogP) is 3.81. The van der Waals surface area contributed by atoms with Gasteiger partial charge in [-0.2, -0.15) is 0 Å². The number of nitrogens with one attached hydrogen (secondary N) is 1.